The molecule has 1 heterocycles. The van der Waals surface area contributed by atoms with Crippen molar-refractivity contribution < 1.29 is 13.2 Å². The quantitative estimate of drug-likeness (QED) is 0.561. The molecule has 2 aromatic carbocycles. The first kappa shape index (κ1) is 25.5. The molecule has 0 bridgehead atoms. The summed E-state index contributed by atoms with van der Waals surface area (Å²) < 4.78 is 26.4. The fourth-order valence-electron chi connectivity index (χ4n) is 4.22. The van der Waals surface area contributed by atoms with Crippen LogP contribution in [0.4, 0.5) is 5.69 Å². The third-order valence-electron chi connectivity index (χ3n) is 6.08. The number of carbonyl (C=O) groups excluding carboxylic acids is 1. The molecule has 1 atom stereocenters. The number of hydrogen-bond acceptors (Lipinski definition) is 4. The zero-order valence-corrected chi connectivity index (χ0v) is 21.3. The number of piperidine rings is 1. The lowest BCUT2D eigenvalue weighted by molar-refractivity contribution is -0.122. The van der Waals surface area contributed by atoms with E-state index in [9.17, 15) is 13.2 Å². The van der Waals surface area contributed by atoms with Gasteiger partial charge in [-0.1, -0.05) is 55.3 Å². The predicted octanol–water partition coefficient (Wildman–Crippen LogP) is 4.50. The molecule has 0 aromatic heterocycles. The maximum Gasteiger partial charge on any atom is 0.244 e. The Morgan fingerprint density at radius 1 is 1.09 bits per heavy atom. The molecule has 0 unspecified atom stereocenters. The van der Waals surface area contributed by atoms with Crippen molar-refractivity contribution in [2.45, 2.75) is 58.7 Å². The summed E-state index contributed by atoms with van der Waals surface area (Å²) in [7, 11) is -3.70. The normalized spacial score (nSPS) is 15.8. The number of nitrogens with one attached hydrogen (secondary N) is 1. The molecule has 1 aliphatic rings. The number of aryl methyl sites for hydroxylation is 1. The van der Waals surface area contributed by atoms with E-state index in [-0.39, 0.29) is 5.91 Å². The second-order valence-corrected chi connectivity index (χ2v) is 11.1. The van der Waals surface area contributed by atoms with Gasteiger partial charge in [0.05, 0.1) is 11.9 Å². The highest BCUT2D eigenvalue weighted by Crippen LogP contribution is 2.27. The SMILES string of the molecule is CC[C@@H](C(=O)NCc1ccc(CN2CCCCC2)cc1)N(c1ccc(C)c(Cl)c1)S(C)(=O)=O. The third-order valence-corrected chi connectivity index (χ3v) is 7.67. The minimum atomic E-state index is -3.70. The number of anilines is 1. The van der Waals surface area contributed by atoms with Crippen LogP contribution >= 0.6 is 11.6 Å². The summed E-state index contributed by atoms with van der Waals surface area (Å²) in [6, 6.07) is 12.4. The number of sulfonamides is 1. The van der Waals surface area contributed by atoms with Gasteiger partial charge in [-0.3, -0.25) is 14.0 Å². The molecule has 1 N–H and O–H groups in total. The van der Waals surface area contributed by atoms with E-state index >= 15 is 0 Å². The Kier molecular flexibility index (Phi) is 8.79. The third kappa shape index (κ3) is 6.95. The zero-order valence-electron chi connectivity index (χ0n) is 19.7. The van der Waals surface area contributed by atoms with Gasteiger partial charge in [0.15, 0.2) is 0 Å². The monoisotopic (exact) mass is 491 g/mol. The molecule has 0 saturated carbocycles. The number of hydrogen-bond donors (Lipinski definition) is 1. The van der Waals surface area contributed by atoms with Crippen LogP contribution in [0.15, 0.2) is 42.5 Å². The summed E-state index contributed by atoms with van der Waals surface area (Å²) in [5.74, 6) is -0.336. The standard InChI is InChI=1S/C25H34ClN3O3S/c1-4-24(29(33(3,31)32)22-13-8-19(2)23(26)16-22)25(30)27-17-20-9-11-21(12-10-20)18-28-14-6-5-7-15-28/h8-13,16,24H,4-7,14-15,17-18H2,1-3H3,(H,27,30)/t24-/m0/s1. The summed E-state index contributed by atoms with van der Waals surface area (Å²) in [4.78, 5) is 15.5. The smallest absolute Gasteiger partial charge is 0.244 e. The fraction of sp³-hybridized carbons (Fsp3) is 0.480. The summed E-state index contributed by atoms with van der Waals surface area (Å²) in [5, 5.41) is 3.37. The summed E-state index contributed by atoms with van der Waals surface area (Å²) in [5.41, 5.74) is 3.47. The van der Waals surface area contributed by atoms with E-state index in [1.807, 2.05) is 19.1 Å². The van der Waals surface area contributed by atoms with E-state index in [0.29, 0.717) is 23.7 Å². The maximum absolute atomic E-state index is 13.0. The molecule has 0 spiro atoms. The van der Waals surface area contributed by atoms with Gasteiger partial charge in [-0.15, -0.1) is 0 Å². The van der Waals surface area contributed by atoms with Crippen LogP contribution in [0.2, 0.25) is 5.02 Å². The van der Waals surface area contributed by atoms with Crippen molar-refractivity contribution in [2.75, 3.05) is 23.7 Å². The molecule has 8 heteroatoms. The summed E-state index contributed by atoms with van der Waals surface area (Å²) >= 11 is 6.23. The van der Waals surface area contributed by atoms with Crippen molar-refractivity contribution >= 4 is 33.2 Å². The first-order chi connectivity index (χ1) is 15.7. The lowest BCUT2D eigenvalue weighted by atomic mass is 10.1. The summed E-state index contributed by atoms with van der Waals surface area (Å²) in [6.45, 7) is 7.24. The summed E-state index contributed by atoms with van der Waals surface area (Å²) in [6.07, 6.45) is 5.29. The van der Waals surface area contributed by atoms with E-state index in [1.165, 1.54) is 24.8 Å². The molecule has 180 valence electrons. The first-order valence-corrected chi connectivity index (χ1v) is 13.7. The fourth-order valence-corrected chi connectivity index (χ4v) is 5.60. The molecular formula is C25H34ClN3O3S. The van der Waals surface area contributed by atoms with Crippen molar-refractivity contribution in [2.24, 2.45) is 0 Å². The Morgan fingerprint density at radius 3 is 2.30 bits per heavy atom. The number of benzene rings is 2. The van der Waals surface area contributed by atoms with Crippen molar-refractivity contribution in [3.8, 4) is 0 Å². The maximum atomic E-state index is 13.0. The molecule has 1 amide bonds. The Balaban J connectivity index is 1.67. The molecule has 1 fully saturated rings. The van der Waals surface area contributed by atoms with Crippen LogP contribution in [-0.4, -0.2) is 44.6 Å². The second-order valence-electron chi connectivity index (χ2n) is 8.79. The van der Waals surface area contributed by atoms with Gasteiger partial charge < -0.3 is 5.32 Å². The molecule has 1 saturated heterocycles. The van der Waals surface area contributed by atoms with Gasteiger partial charge in [0.2, 0.25) is 15.9 Å². The van der Waals surface area contributed by atoms with Crippen LogP contribution in [-0.2, 0) is 27.9 Å². The van der Waals surface area contributed by atoms with Crippen molar-refractivity contribution in [3.05, 3.63) is 64.2 Å². The van der Waals surface area contributed by atoms with Crippen molar-refractivity contribution in [3.63, 3.8) is 0 Å². The molecule has 33 heavy (non-hydrogen) atoms. The highest BCUT2D eigenvalue weighted by atomic mass is 35.5. The highest BCUT2D eigenvalue weighted by molar-refractivity contribution is 7.92. The lowest BCUT2D eigenvalue weighted by Gasteiger charge is -2.30. The van der Waals surface area contributed by atoms with E-state index in [4.69, 9.17) is 11.6 Å². The Morgan fingerprint density at radius 2 is 1.73 bits per heavy atom. The zero-order chi connectivity index (χ0) is 24.0. The van der Waals surface area contributed by atoms with Crippen molar-refractivity contribution in [1.82, 2.24) is 10.2 Å². The highest BCUT2D eigenvalue weighted by Gasteiger charge is 2.31. The van der Waals surface area contributed by atoms with Gasteiger partial charge in [0.1, 0.15) is 6.04 Å². The topological polar surface area (TPSA) is 69.7 Å². The Labute approximate surface area is 203 Å². The second kappa shape index (κ2) is 11.4. The van der Waals surface area contributed by atoms with Gasteiger partial charge in [-0.25, -0.2) is 8.42 Å². The van der Waals surface area contributed by atoms with Gasteiger partial charge >= 0.3 is 0 Å². The van der Waals surface area contributed by atoms with Crippen LogP contribution < -0.4 is 9.62 Å². The first-order valence-electron chi connectivity index (χ1n) is 11.5. The molecular weight excluding hydrogens is 458 g/mol. The largest absolute Gasteiger partial charge is 0.350 e. The average Bonchev–Trinajstić information content (AvgIpc) is 2.78. The molecule has 2 aromatic rings. The Bertz CT molecular complexity index is 1050. The van der Waals surface area contributed by atoms with Crippen LogP contribution in [0.3, 0.4) is 0 Å². The lowest BCUT2D eigenvalue weighted by Crippen LogP contribution is -2.49. The van der Waals surface area contributed by atoms with Crippen LogP contribution in [0, 0.1) is 6.92 Å². The van der Waals surface area contributed by atoms with Crippen LogP contribution in [0.1, 0.15) is 49.3 Å². The average molecular weight is 492 g/mol. The van der Waals surface area contributed by atoms with E-state index in [2.05, 4.69) is 22.3 Å². The van der Waals surface area contributed by atoms with Crippen LogP contribution in [0.5, 0.6) is 0 Å². The van der Waals surface area contributed by atoms with Crippen molar-refractivity contribution in [1.29, 1.82) is 0 Å². The van der Waals surface area contributed by atoms with Gasteiger partial charge in [0.25, 0.3) is 0 Å². The van der Waals surface area contributed by atoms with E-state index < -0.39 is 16.1 Å². The number of carbonyl (C=O) groups is 1. The van der Waals surface area contributed by atoms with Gasteiger partial charge in [-0.2, -0.15) is 0 Å². The molecule has 6 nitrogen and oxygen atoms in total. The number of rotatable bonds is 9. The minimum Gasteiger partial charge on any atom is -0.350 e. The number of amides is 1. The molecule has 3 rings (SSSR count). The predicted molar refractivity (Wildman–Crippen MR) is 135 cm³/mol. The van der Waals surface area contributed by atoms with Crippen LogP contribution in [0.25, 0.3) is 0 Å². The number of halogens is 1. The molecule has 0 radical (unpaired) electrons. The minimum absolute atomic E-state index is 0.333. The number of likely N-dealkylation sites (tertiary alicyclic amines) is 1. The molecule has 0 aliphatic carbocycles. The van der Waals surface area contributed by atoms with Gasteiger partial charge in [-0.05, 0) is 68.1 Å². The Hall–Kier alpha value is -2.09. The van der Waals surface area contributed by atoms with E-state index in [0.717, 1.165) is 41.3 Å². The molecule has 1 aliphatic heterocycles. The van der Waals surface area contributed by atoms with Gasteiger partial charge in [0, 0.05) is 18.1 Å². The van der Waals surface area contributed by atoms with E-state index in [1.54, 1.807) is 25.1 Å². The number of nitrogens with zero attached hydrogens (tertiary/aromatic N) is 2.